The second kappa shape index (κ2) is 7.59. The van der Waals surface area contributed by atoms with Crippen LogP contribution in [0.1, 0.15) is 35.7 Å². The van der Waals surface area contributed by atoms with Gasteiger partial charge in [0.1, 0.15) is 5.75 Å². The number of methoxy groups -OCH3 is 1. The molecule has 0 aliphatic heterocycles. The van der Waals surface area contributed by atoms with Gasteiger partial charge in [-0.05, 0) is 55.5 Å². The Morgan fingerprint density at radius 3 is 2.91 bits per heavy atom. The van der Waals surface area contributed by atoms with Gasteiger partial charge in [-0.25, -0.2) is 0 Å². The van der Waals surface area contributed by atoms with Gasteiger partial charge in [0.05, 0.1) is 7.11 Å². The van der Waals surface area contributed by atoms with Crippen molar-refractivity contribution < 1.29 is 9.53 Å². The smallest absolute Gasteiger partial charge is 0.166 e. The highest BCUT2D eigenvalue weighted by atomic mass is 79.9. The lowest BCUT2D eigenvalue weighted by molar-refractivity contribution is 0.0902. The molecule has 22 heavy (non-hydrogen) atoms. The quantitative estimate of drug-likeness (QED) is 0.671. The number of benzene rings is 1. The highest BCUT2D eigenvalue weighted by Crippen LogP contribution is 2.33. The van der Waals surface area contributed by atoms with Crippen LogP contribution in [0.4, 0.5) is 0 Å². The number of rotatable bonds is 5. The van der Waals surface area contributed by atoms with E-state index >= 15 is 0 Å². The van der Waals surface area contributed by atoms with E-state index in [0.29, 0.717) is 0 Å². The molecular weight excluding hydrogens is 340 g/mol. The number of aryl methyl sites for hydroxylation is 1. The fourth-order valence-electron chi connectivity index (χ4n) is 2.86. The van der Waals surface area contributed by atoms with Crippen LogP contribution in [-0.2, 0) is 6.42 Å². The molecular formula is C19H21BrO2. The fourth-order valence-corrected chi connectivity index (χ4v) is 3.16. The summed E-state index contributed by atoms with van der Waals surface area (Å²) in [7, 11) is 1.65. The number of hydrogen-bond acceptors (Lipinski definition) is 2. The summed E-state index contributed by atoms with van der Waals surface area (Å²) in [6.07, 6.45) is 8.34. The Labute approximate surface area is 140 Å². The minimum Gasteiger partial charge on any atom is -0.497 e. The number of hydrogen-bond donors (Lipinski definition) is 0. The average Bonchev–Trinajstić information content (AvgIpc) is 2.55. The molecule has 0 radical (unpaired) electrons. The third-order valence-corrected chi connectivity index (χ3v) is 4.86. The van der Waals surface area contributed by atoms with Crippen LogP contribution in [0.2, 0.25) is 0 Å². The van der Waals surface area contributed by atoms with Crippen molar-refractivity contribution >= 4 is 21.7 Å². The molecule has 3 heteroatoms. The highest BCUT2D eigenvalue weighted by molar-refractivity contribution is 9.11. The first-order valence-corrected chi connectivity index (χ1v) is 8.25. The van der Waals surface area contributed by atoms with E-state index in [9.17, 15) is 4.79 Å². The molecule has 0 heterocycles. The van der Waals surface area contributed by atoms with Crippen molar-refractivity contribution in [3.63, 3.8) is 0 Å². The van der Waals surface area contributed by atoms with Crippen molar-refractivity contribution in [3.05, 3.63) is 64.2 Å². The summed E-state index contributed by atoms with van der Waals surface area (Å²) in [6, 6.07) is 5.73. The van der Waals surface area contributed by atoms with Gasteiger partial charge in [-0.15, -0.1) is 0 Å². The molecule has 1 aliphatic carbocycles. The minimum absolute atomic E-state index is 0.0274. The molecule has 0 saturated carbocycles. The maximum absolute atomic E-state index is 12.7. The topological polar surface area (TPSA) is 26.3 Å². The summed E-state index contributed by atoms with van der Waals surface area (Å²) in [5, 5.41) is 0. The van der Waals surface area contributed by atoms with Crippen LogP contribution in [0.3, 0.4) is 0 Å². The van der Waals surface area contributed by atoms with E-state index in [-0.39, 0.29) is 11.7 Å². The number of ether oxygens (including phenoxy) is 1. The minimum atomic E-state index is 0.0274. The number of halogens is 1. The van der Waals surface area contributed by atoms with Crippen LogP contribution in [0.25, 0.3) is 0 Å². The Bertz CT molecular complexity index is 641. The summed E-state index contributed by atoms with van der Waals surface area (Å²) in [5.74, 6) is 1.07. The van der Waals surface area contributed by atoms with Crippen LogP contribution >= 0.6 is 15.9 Å². The van der Waals surface area contributed by atoms with Crippen molar-refractivity contribution in [1.29, 1.82) is 0 Å². The van der Waals surface area contributed by atoms with Gasteiger partial charge in [-0.3, -0.25) is 4.79 Å². The van der Waals surface area contributed by atoms with Crippen molar-refractivity contribution in [1.82, 2.24) is 0 Å². The summed E-state index contributed by atoms with van der Waals surface area (Å²) >= 11 is 3.52. The molecule has 0 saturated heterocycles. The number of Topliss-reactive ketones (excluding diaryl/α,β-unsaturated/α-hetero) is 1. The molecule has 116 valence electrons. The van der Waals surface area contributed by atoms with Crippen molar-refractivity contribution in [2.24, 2.45) is 5.92 Å². The number of allylic oxidation sites excluding steroid dienone is 5. The molecule has 0 amide bonds. The largest absolute Gasteiger partial charge is 0.497 e. The van der Waals surface area contributed by atoms with Crippen molar-refractivity contribution in [2.75, 3.05) is 7.11 Å². The molecule has 1 aromatic carbocycles. The van der Waals surface area contributed by atoms with E-state index in [1.807, 2.05) is 37.3 Å². The molecule has 0 aromatic heterocycles. The van der Waals surface area contributed by atoms with E-state index in [0.717, 1.165) is 46.2 Å². The molecule has 2 rings (SSSR count). The SMILES string of the molecule is C=C/C(Br)=C(\C=C/C)CC1CCc2cc(OC)ccc2C1=O. The first-order chi connectivity index (χ1) is 10.6. The molecule has 0 spiro atoms. The lowest BCUT2D eigenvalue weighted by Gasteiger charge is -2.24. The van der Waals surface area contributed by atoms with E-state index in [4.69, 9.17) is 4.74 Å². The number of ketones is 1. The first-order valence-electron chi connectivity index (χ1n) is 7.45. The average molecular weight is 361 g/mol. The zero-order chi connectivity index (χ0) is 16.1. The van der Waals surface area contributed by atoms with Crippen LogP contribution in [0, 0.1) is 5.92 Å². The number of carbonyl (C=O) groups is 1. The molecule has 1 aliphatic rings. The monoisotopic (exact) mass is 360 g/mol. The maximum atomic E-state index is 12.7. The zero-order valence-corrected chi connectivity index (χ0v) is 14.7. The fraction of sp³-hybridized carbons (Fsp3) is 0.316. The predicted molar refractivity (Wildman–Crippen MR) is 94.7 cm³/mol. The van der Waals surface area contributed by atoms with E-state index in [1.54, 1.807) is 13.2 Å². The van der Waals surface area contributed by atoms with Gasteiger partial charge >= 0.3 is 0 Å². The molecule has 2 nitrogen and oxygen atoms in total. The summed E-state index contributed by atoms with van der Waals surface area (Å²) in [5.41, 5.74) is 3.05. The molecule has 0 N–H and O–H groups in total. The van der Waals surface area contributed by atoms with Crippen LogP contribution in [0.15, 0.2) is 53.1 Å². The van der Waals surface area contributed by atoms with Gasteiger partial charge in [-0.2, -0.15) is 0 Å². The lowest BCUT2D eigenvalue weighted by Crippen LogP contribution is -2.23. The third-order valence-electron chi connectivity index (χ3n) is 4.03. The zero-order valence-electron chi connectivity index (χ0n) is 13.1. The second-order valence-corrected chi connectivity index (χ2v) is 6.26. The summed E-state index contributed by atoms with van der Waals surface area (Å²) in [6.45, 7) is 5.77. The number of fused-ring (bicyclic) bond motifs is 1. The van der Waals surface area contributed by atoms with Crippen LogP contribution in [0.5, 0.6) is 5.75 Å². The van der Waals surface area contributed by atoms with E-state index < -0.39 is 0 Å². The summed E-state index contributed by atoms with van der Waals surface area (Å²) in [4.78, 5) is 12.7. The van der Waals surface area contributed by atoms with E-state index in [1.165, 1.54) is 0 Å². The van der Waals surface area contributed by atoms with Gasteiger partial charge < -0.3 is 4.74 Å². The van der Waals surface area contributed by atoms with Gasteiger partial charge in [0.2, 0.25) is 0 Å². The molecule has 0 fully saturated rings. The Morgan fingerprint density at radius 1 is 1.50 bits per heavy atom. The molecule has 1 unspecified atom stereocenters. The molecule has 0 bridgehead atoms. The van der Waals surface area contributed by atoms with Crippen molar-refractivity contribution in [3.8, 4) is 5.75 Å². The third kappa shape index (κ3) is 3.58. The Balaban J connectivity index is 2.25. The highest BCUT2D eigenvalue weighted by Gasteiger charge is 2.28. The summed E-state index contributed by atoms with van der Waals surface area (Å²) < 4.78 is 6.20. The van der Waals surface area contributed by atoms with Gasteiger partial charge in [0.25, 0.3) is 0 Å². The van der Waals surface area contributed by atoms with Crippen molar-refractivity contribution in [2.45, 2.75) is 26.2 Å². The second-order valence-electron chi connectivity index (χ2n) is 5.40. The Morgan fingerprint density at radius 2 is 2.27 bits per heavy atom. The lowest BCUT2D eigenvalue weighted by atomic mass is 9.79. The number of carbonyl (C=O) groups excluding carboxylic acids is 1. The van der Waals surface area contributed by atoms with Crippen LogP contribution < -0.4 is 4.74 Å². The Kier molecular flexibility index (Phi) is 5.78. The predicted octanol–water partition coefficient (Wildman–Crippen LogP) is 5.24. The van der Waals surface area contributed by atoms with Gasteiger partial charge in [0.15, 0.2) is 5.78 Å². The standard InChI is InChI=1S/C19H21BrO2/c1-4-6-14(18(20)5-2)11-15-8-7-13-12-16(22-3)9-10-17(13)19(15)21/h4-6,9-10,12,15H,2,7-8,11H2,1,3H3/b6-4-,18-14-. The molecule has 1 atom stereocenters. The molecule has 1 aromatic rings. The maximum Gasteiger partial charge on any atom is 0.166 e. The van der Waals surface area contributed by atoms with Gasteiger partial charge in [0, 0.05) is 16.0 Å². The first kappa shape index (κ1) is 16.8. The Hall–Kier alpha value is -1.61. The van der Waals surface area contributed by atoms with Gasteiger partial charge in [-0.1, -0.05) is 40.7 Å². The van der Waals surface area contributed by atoms with E-state index in [2.05, 4.69) is 22.5 Å². The van der Waals surface area contributed by atoms with Crippen LogP contribution in [-0.4, -0.2) is 12.9 Å². The normalized spacial score (nSPS) is 18.9.